The number of aliphatic hydroxyl groups excluding tert-OH is 1. The molecule has 1 aromatic carbocycles. The van der Waals surface area contributed by atoms with Gasteiger partial charge in [-0.15, -0.1) is 0 Å². The number of aliphatic hydroxyl groups is 1. The summed E-state index contributed by atoms with van der Waals surface area (Å²) in [5, 5.41) is 23.0. The second kappa shape index (κ2) is 11.3. The maximum atomic E-state index is 10.4. The Morgan fingerprint density at radius 3 is 2.42 bits per heavy atom. The second-order valence-corrected chi connectivity index (χ2v) is 7.06. The zero-order chi connectivity index (χ0) is 17.9. The summed E-state index contributed by atoms with van der Waals surface area (Å²) in [5.74, 6) is 1.65. The quantitative estimate of drug-likeness (QED) is 0.529. The van der Waals surface area contributed by atoms with E-state index >= 15 is 0 Å². The van der Waals surface area contributed by atoms with Crippen LogP contribution in [0.25, 0.3) is 0 Å². The molecule has 0 bridgehead atoms. The maximum Gasteiger partial charge on any atom is 0.115 e. The van der Waals surface area contributed by atoms with Gasteiger partial charge in [-0.1, -0.05) is 51.5 Å². The minimum absolute atomic E-state index is 0.0282. The molecule has 0 aliphatic rings. The van der Waals surface area contributed by atoms with Crippen molar-refractivity contribution in [1.29, 1.82) is 0 Å². The van der Waals surface area contributed by atoms with E-state index < -0.39 is 0 Å². The van der Waals surface area contributed by atoms with Crippen molar-refractivity contribution in [2.75, 3.05) is 7.05 Å². The third-order valence-electron chi connectivity index (χ3n) is 4.79. The Kier molecular flexibility index (Phi) is 9.73. The summed E-state index contributed by atoms with van der Waals surface area (Å²) in [6.45, 7) is 6.80. The molecule has 136 valence electrons. The van der Waals surface area contributed by atoms with Crippen LogP contribution in [0.15, 0.2) is 36.4 Å². The van der Waals surface area contributed by atoms with Crippen LogP contribution in [0.1, 0.15) is 52.0 Å². The first-order chi connectivity index (χ1) is 11.5. The monoisotopic (exact) mass is 333 g/mol. The van der Waals surface area contributed by atoms with E-state index in [0.717, 1.165) is 30.7 Å². The van der Waals surface area contributed by atoms with Gasteiger partial charge in [-0.3, -0.25) is 0 Å². The lowest BCUT2D eigenvalue weighted by atomic mass is 9.94. The van der Waals surface area contributed by atoms with Crippen LogP contribution in [0.4, 0.5) is 0 Å². The van der Waals surface area contributed by atoms with E-state index in [1.165, 1.54) is 12.8 Å². The summed E-state index contributed by atoms with van der Waals surface area (Å²) in [6, 6.07) is 7.22. The lowest BCUT2D eigenvalue weighted by molar-refractivity contribution is 0.122. The second-order valence-electron chi connectivity index (χ2n) is 7.06. The number of aromatic hydroxyl groups is 1. The lowest BCUT2D eigenvalue weighted by Gasteiger charge is -2.22. The Morgan fingerprint density at radius 2 is 1.83 bits per heavy atom. The first-order valence-electron chi connectivity index (χ1n) is 9.26. The molecular formula is C21H35NO2. The number of phenolic OH excluding ortho intramolecular Hbond substituents is 1. The van der Waals surface area contributed by atoms with Gasteiger partial charge in [0.05, 0.1) is 6.10 Å². The highest BCUT2D eigenvalue weighted by Gasteiger charge is 2.17. The van der Waals surface area contributed by atoms with Crippen LogP contribution in [-0.4, -0.2) is 29.4 Å². The lowest BCUT2D eigenvalue weighted by Crippen LogP contribution is -2.39. The van der Waals surface area contributed by atoms with E-state index in [-0.39, 0.29) is 17.9 Å². The molecule has 0 unspecified atom stereocenters. The molecular weight excluding hydrogens is 298 g/mol. The van der Waals surface area contributed by atoms with Gasteiger partial charge in [0.2, 0.25) is 0 Å². The van der Waals surface area contributed by atoms with Crippen LogP contribution in [0.5, 0.6) is 5.75 Å². The smallest absolute Gasteiger partial charge is 0.115 e. The highest BCUT2D eigenvalue weighted by atomic mass is 16.3. The third kappa shape index (κ3) is 7.98. The minimum Gasteiger partial charge on any atom is -0.508 e. The van der Waals surface area contributed by atoms with Gasteiger partial charge < -0.3 is 15.5 Å². The Balaban J connectivity index is 2.38. The van der Waals surface area contributed by atoms with Crippen molar-refractivity contribution in [3.63, 3.8) is 0 Å². The normalized spacial score (nSPS) is 16.9. The fraction of sp³-hybridized carbons (Fsp3) is 0.619. The van der Waals surface area contributed by atoms with Crippen LogP contribution in [-0.2, 0) is 6.42 Å². The van der Waals surface area contributed by atoms with Gasteiger partial charge in [0.25, 0.3) is 0 Å². The Bertz CT molecular complexity index is 469. The fourth-order valence-corrected chi connectivity index (χ4v) is 2.99. The molecule has 3 N–H and O–H groups in total. The summed E-state index contributed by atoms with van der Waals surface area (Å²) in [6.07, 6.45) is 9.00. The van der Waals surface area contributed by atoms with Gasteiger partial charge in [0, 0.05) is 6.04 Å². The first kappa shape index (κ1) is 20.7. The number of likely N-dealkylation sites (N-methyl/N-ethyl adjacent to an activating group) is 1. The fourth-order valence-electron chi connectivity index (χ4n) is 2.99. The Hall–Kier alpha value is -1.32. The zero-order valence-electron chi connectivity index (χ0n) is 15.7. The number of phenols is 1. The van der Waals surface area contributed by atoms with Crippen LogP contribution in [0, 0.1) is 11.8 Å². The predicted molar refractivity (Wildman–Crippen MR) is 102 cm³/mol. The molecule has 0 aliphatic heterocycles. The molecule has 0 saturated heterocycles. The highest BCUT2D eigenvalue weighted by Crippen LogP contribution is 2.17. The minimum atomic E-state index is -0.377. The van der Waals surface area contributed by atoms with Gasteiger partial charge in [-0.05, 0) is 62.3 Å². The average molecular weight is 334 g/mol. The Morgan fingerprint density at radius 1 is 1.17 bits per heavy atom. The van der Waals surface area contributed by atoms with Crippen molar-refractivity contribution in [3.05, 3.63) is 42.0 Å². The molecule has 0 saturated carbocycles. The number of benzene rings is 1. The molecule has 3 nitrogen and oxygen atoms in total. The van der Waals surface area contributed by atoms with Crippen LogP contribution < -0.4 is 5.32 Å². The standard InChI is InChI=1S/C21H35NO2/c1-5-16(2)14-17(3)8-6-7-9-21(24)20(22-4)15-18-10-12-19(23)13-11-18/h6,8,10-13,16-17,20-24H,5,7,9,14-15H2,1-4H3/t16-,17+,20+,21-/m0/s1. The SMILES string of the molecule is CC[C@H](C)C[C@H](C)C=CCC[C@H](O)[C@@H](Cc1ccc(O)cc1)NC. The maximum absolute atomic E-state index is 10.4. The molecule has 0 radical (unpaired) electrons. The van der Waals surface area contributed by atoms with E-state index in [9.17, 15) is 10.2 Å². The van der Waals surface area contributed by atoms with Gasteiger partial charge in [-0.2, -0.15) is 0 Å². The van der Waals surface area contributed by atoms with Crippen molar-refractivity contribution in [2.45, 2.75) is 65.0 Å². The first-order valence-corrected chi connectivity index (χ1v) is 9.26. The van der Waals surface area contributed by atoms with E-state index in [4.69, 9.17) is 0 Å². The summed E-state index contributed by atoms with van der Waals surface area (Å²) in [5.41, 5.74) is 1.11. The van der Waals surface area contributed by atoms with Gasteiger partial charge in [0.1, 0.15) is 5.75 Å². The predicted octanol–water partition coefficient (Wildman–Crippen LogP) is 4.29. The molecule has 0 amide bonds. The molecule has 3 heteroatoms. The molecule has 24 heavy (non-hydrogen) atoms. The number of nitrogens with one attached hydrogen (secondary N) is 1. The van der Waals surface area contributed by atoms with Crippen LogP contribution in [0.3, 0.4) is 0 Å². The van der Waals surface area contributed by atoms with E-state index in [0.29, 0.717) is 5.92 Å². The van der Waals surface area contributed by atoms with Crippen molar-refractivity contribution < 1.29 is 10.2 Å². The molecule has 1 aromatic rings. The van der Waals surface area contributed by atoms with Crippen LogP contribution in [0.2, 0.25) is 0 Å². The molecule has 0 fully saturated rings. The van der Waals surface area contributed by atoms with E-state index in [1.807, 2.05) is 19.2 Å². The molecule has 0 aliphatic carbocycles. The number of hydrogen-bond donors (Lipinski definition) is 3. The van der Waals surface area contributed by atoms with Crippen molar-refractivity contribution in [3.8, 4) is 5.75 Å². The number of allylic oxidation sites excluding steroid dienone is 2. The highest BCUT2D eigenvalue weighted by molar-refractivity contribution is 5.26. The molecule has 4 atom stereocenters. The molecule has 0 aromatic heterocycles. The van der Waals surface area contributed by atoms with Crippen LogP contribution >= 0.6 is 0 Å². The summed E-state index contributed by atoms with van der Waals surface area (Å²) in [7, 11) is 1.89. The zero-order valence-corrected chi connectivity index (χ0v) is 15.7. The summed E-state index contributed by atoms with van der Waals surface area (Å²) >= 11 is 0. The Labute approximate surface area is 147 Å². The third-order valence-corrected chi connectivity index (χ3v) is 4.79. The van der Waals surface area contributed by atoms with Crippen molar-refractivity contribution in [1.82, 2.24) is 5.32 Å². The molecule has 0 heterocycles. The van der Waals surface area contributed by atoms with Gasteiger partial charge >= 0.3 is 0 Å². The number of hydrogen-bond acceptors (Lipinski definition) is 3. The largest absolute Gasteiger partial charge is 0.508 e. The topological polar surface area (TPSA) is 52.5 Å². The van der Waals surface area contributed by atoms with Gasteiger partial charge in [-0.25, -0.2) is 0 Å². The average Bonchev–Trinajstić information content (AvgIpc) is 2.57. The molecule has 1 rings (SSSR count). The summed E-state index contributed by atoms with van der Waals surface area (Å²) in [4.78, 5) is 0. The number of rotatable bonds is 11. The van der Waals surface area contributed by atoms with Crippen molar-refractivity contribution in [2.24, 2.45) is 11.8 Å². The summed E-state index contributed by atoms with van der Waals surface area (Å²) < 4.78 is 0. The van der Waals surface area contributed by atoms with E-state index in [1.54, 1.807) is 12.1 Å². The van der Waals surface area contributed by atoms with E-state index in [2.05, 4.69) is 38.2 Å². The molecule has 0 spiro atoms. The van der Waals surface area contributed by atoms with Gasteiger partial charge in [0.15, 0.2) is 0 Å². The van der Waals surface area contributed by atoms with Crippen molar-refractivity contribution >= 4 is 0 Å².